The second-order valence-electron chi connectivity index (χ2n) is 4.02. The molecule has 5 nitrogen and oxygen atoms in total. The zero-order chi connectivity index (χ0) is 11.8. The van der Waals surface area contributed by atoms with Crippen LogP contribution in [0.3, 0.4) is 0 Å². The lowest BCUT2D eigenvalue weighted by Crippen LogP contribution is -2.40. The van der Waals surface area contributed by atoms with E-state index in [4.69, 9.17) is 0 Å². The lowest BCUT2D eigenvalue weighted by molar-refractivity contribution is -0.128. The van der Waals surface area contributed by atoms with Crippen molar-refractivity contribution in [1.29, 1.82) is 0 Å². The monoisotopic (exact) mass is 226 g/mol. The lowest BCUT2D eigenvalue weighted by Gasteiger charge is -2.28. The Morgan fingerprint density at radius 2 is 2.00 bits per heavy atom. The molecule has 0 aromatic carbocycles. The van der Waals surface area contributed by atoms with Crippen LogP contribution in [-0.4, -0.2) is 43.1 Å². The molecule has 1 saturated heterocycles. The van der Waals surface area contributed by atoms with E-state index in [9.17, 15) is 14.4 Å². The molecular formula is C11H18N2O3. The molecule has 1 rings (SSSR count). The van der Waals surface area contributed by atoms with Crippen LogP contribution >= 0.6 is 0 Å². The van der Waals surface area contributed by atoms with Crippen LogP contribution in [0.4, 0.5) is 0 Å². The van der Waals surface area contributed by atoms with E-state index in [1.807, 2.05) is 0 Å². The van der Waals surface area contributed by atoms with Gasteiger partial charge in [0.2, 0.25) is 12.3 Å². The third-order valence-corrected chi connectivity index (χ3v) is 2.85. The number of amides is 2. The Hall–Kier alpha value is -1.39. The summed E-state index contributed by atoms with van der Waals surface area (Å²) in [5.74, 6) is 0.0730. The van der Waals surface area contributed by atoms with Crippen molar-refractivity contribution < 1.29 is 14.4 Å². The van der Waals surface area contributed by atoms with Gasteiger partial charge in [-0.25, -0.2) is 0 Å². The Bertz CT molecular complexity index is 248. The lowest BCUT2D eigenvalue weighted by atomic mass is 9.96. The summed E-state index contributed by atoms with van der Waals surface area (Å²) in [6, 6.07) is 0. The number of likely N-dealkylation sites (tertiary alicyclic amines) is 1. The van der Waals surface area contributed by atoms with E-state index in [1.165, 1.54) is 0 Å². The van der Waals surface area contributed by atoms with Gasteiger partial charge in [0.15, 0.2) is 0 Å². The van der Waals surface area contributed by atoms with Gasteiger partial charge in [-0.1, -0.05) is 0 Å². The summed E-state index contributed by atoms with van der Waals surface area (Å²) in [5.41, 5.74) is 0. The highest BCUT2D eigenvalue weighted by Gasteiger charge is 2.23. The van der Waals surface area contributed by atoms with Gasteiger partial charge in [0, 0.05) is 32.0 Å². The molecule has 0 atom stereocenters. The van der Waals surface area contributed by atoms with E-state index in [1.54, 1.807) is 4.90 Å². The molecule has 0 radical (unpaired) electrons. The minimum absolute atomic E-state index is 0.0208. The molecule has 1 heterocycles. The van der Waals surface area contributed by atoms with Crippen molar-refractivity contribution in [1.82, 2.24) is 10.2 Å². The average molecular weight is 226 g/mol. The number of carbonyl (C=O) groups excluding carboxylic acids is 3. The maximum absolute atomic E-state index is 11.6. The van der Waals surface area contributed by atoms with E-state index in [-0.39, 0.29) is 11.8 Å². The highest BCUT2D eigenvalue weighted by atomic mass is 16.2. The Balaban J connectivity index is 2.17. The maximum atomic E-state index is 11.6. The molecule has 90 valence electrons. The molecule has 0 spiro atoms. The van der Waals surface area contributed by atoms with E-state index in [0.717, 1.165) is 25.5 Å². The molecule has 1 N–H and O–H groups in total. The van der Waals surface area contributed by atoms with Crippen LogP contribution in [0.5, 0.6) is 0 Å². The molecule has 2 amide bonds. The average Bonchev–Trinajstić information content (AvgIpc) is 2.34. The van der Waals surface area contributed by atoms with Gasteiger partial charge in [-0.05, 0) is 19.3 Å². The number of nitrogens with one attached hydrogen (secondary N) is 1. The summed E-state index contributed by atoms with van der Waals surface area (Å²) in [4.78, 5) is 33.9. The van der Waals surface area contributed by atoms with Crippen LogP contribution in [-0.2, 0) is 14.4 Å². The van der Waals surface area contributed by atoms with Gasteiger partial charge in [-0.3, -0.25) is 9.59 Å². The summed E-state index contributed by atoms with van der Waals surface area (Å²) in [6.07, 6.45) is 4.34. The second-order valence-corrected chi connectivity index (χ2v) is 4.02. The van der Waals surface area contributed by atoms with Crippen LogP contribution < -0.4 is 5.32 Å². The van der Waals surface area contributed by atoms with Gasteiger partial charge < -0.3 is 15.0 Å². The van der Waals surface area contributed by atoms with Gasteiger partial charge >= 0.3 is 0 Å². The first-order valence-electron chi connectivity index (χ1n) is 5.68. The number of hydrogen-bond acceptors (Lipinski definition) is 3. The minimum atomic E-state index is 0.0208. The molecule has 16 heavy (non-hydrogen) atoms. The Morgan fingerprint density at radius 1 is 1.31 bits per heavy atom. The predicted octanol–water partition coefficient (Wildman–Crippen LogP) is -0.0499. The largest absolute Gasteiger partial charge is 0.356 e. The van der Waals surface area contributed by atoms with Crippen molar-refractivity contribution in [2.45, 2.75) is 25.7 Å². The van der Waals surface area contributed by atoms with Crippen LogP contribution in [0.2, 0.25) is 0 Å². The second kappa shape index (κ2) is 6.98. The first-order valence-corrected chi connectivity index (χ1v) is 5.68. The maximum Gasteiger partial charge on any atom is 0.223 e. The summed E-state index contributed by atoms with van der Waals surface area (Å²) in [7, 11) is 0. The zero-order valence-corrected chi connectivity index (χ0v) is 9.35. The quantitative estimate of drug-likeness (QED) is 0.510. The molecule has 0 saturated carbocycles. The van der Waals surface area contributed by atoms with Crippen molar-refractivity contribution in [3.05, 3.63) is 0 Å². The smallest absolute Gasteiger partial charge is 0.223 e. The van der Waals surface area contributed by atoms with Crippen molar-refractivity contribution in [2.75, 3.05) is 19.6 Å². The zero-order valence-electron chi connectivity index (χ0n) is 9.35. The molecule has 5 heteroatoms. The van der Waals surface area contributed by atoms with E-state index in [0.29, 0.717) is 32.5 Å². The third-order valence-electron chi connectivity index (χ3n) is 2.85. The fraction of sp³-hybridized carbons (Fsp3) is 0.727. The number of carbonyl (C=O) groups is 3. The number of aldehydes is 1. The first kappa shape index (κ1) is 12.7. The number of piperidine rings is 1. The van der Waals surface area contributed by atoms with Crippen LogP contribution in [0.25, 0.3) is 0 Å². The summed E-state index contributed by atoms with van der Waals surface area (Å²) in [6.45, 7) is 1.89. The van der Waals surface area contributed by atoms with Crippen LogP contribution in [0, 0.1) is 5.92 Å². The molecule has 1 fully saturated rings. The Kier molecular flexibility index (Phi) is 5.53. The molecular weight excluding hydrogens is 208 g/mol. The minimum Gasteiger partial charge on any atom is -0.356 e. The van der Waals surface area contributed by atoms with E-state index in [2.05, 4.69) is 5.32 Å². The standard InChI is InChI=1S/C11H18N2O3/c14-8-2-1-5-12-11(16)10-3-6-13(9-15)7-4-10/h8-10H,1-7H2,(H,12,16). The molecule has 1 aliphatic rings. The highest BCUT2D eigenvalue weighted by Crippen LogP contribution is 2.15. The van der Waals surface area contributed by atoms with Gasteiger partial charge in [-0.15, -0.1) is 0 Å². The summed E-state index contributed by atoms with van der Waals surface area (Å²) >= 11 is 0. The summed E-state index contributed by atoms with van der Waals surface area (Å²) in [5, 5.41) is 2.82. The first-order chi connectivity index (χ1) is 7.77. The molecule has 0 aromatic rings. The SMILES string of the molecule is O=CCCCNC(=O)C1CCN(C=O)CC1. The van der Waals surface area contributed by atoms with Crippen molar-refractivity contribution >= 4 is 18.6 Å². The van der Waals surface area contributed by atoms with E-state index < -0.39 is 0 Å². The summed E-state index contributed by atoms with van der Waals surface area (Å²) < 4.78 is 0. The molecule has 0 unspecified atom stereocenters. The Morgan fingerprint density at radius 3 is 2.56 bits per heavy atom. The fourth-order valence-electron chi connectivity index (χ4n) is 1.81. The van der Waals surface area contributed by atoms with Crippen molar-refractivity contribution in [3.8, 4) is 0 Å². The number of rotatable bonds is 6. The number of unbranched alkanes of at least 4 members (excludes halogenated alkanes) is 1. The predicted molar refractivity (Wildman–Crippen MR) is 58.7 cm³/mol. The van der Waals surface area contributed by atoms with Crippen molar-refractivity contribution in [3.63, 3.8) is 0 Å². The van der Waals surface area contributed by atoms with Crippen LogP contribution in [0.1, 0.15) is 25.7 Å². The van der Waals surface area contributed by atoms with Gasteiger partial charge in [0.1, 0.15) is 6.29 Å². The third kappa shape index (κ3) is 4.00. The molecule has 0 aliphatic carbocycles. The fourth-order valence-corrected chi connectivity index (χ4v) is 1.81. The number of nitrogens with zero attached hydrogens (tertiary/aromatic N) is 1. The molecule has 1 aliphatic heterocycles. The van der Waals surface area contributed by atoms with E-state index >= 15 is 0 Å². The Labute approximate surface area is 95.2 Å². The molecule has 0 aromatic heterocycles. The molecule has 0 bridgehead atoms. The topological polar surface area (TPSA) is 66.5 Å². The van der Waals surface area contributed by atoms with Crippen molar-refractivity contribution in [2.24, 2.45) is 5.92 Å². The van der Waals surface area contributed by atoms with Gasteiger partial charge in [0.25, 0.3) is 0 Å². The highest BCUT2D eigenvalue weighted by molar-refractivity contribution is 5.78. The normalized spacial score (nSPS) is 16.9. The number of hydrogen-bond donors (Lipinski definition) is 1. The van der Waals surface area contributed by atoms with Gasteiger partial charge in [0.05, 0.1) is 0 Å². The van der Waals surface area contributed by atoms with Crippen LogP contribution in [0.15, 0.2) is 0 Å². The van der Waals surface area contributed by atoms with Gasteiger partial charge in [-0.2, -0.15) is 0 Å².